The number of ether oxygens (including phenoxy) is 1. The number of hydrogen-bond acceptors (Lipinski definition) is 3. The minimum absolute atomic E-state index is 0.317. The Balaban J connectivity index is 2.06. The van der Waals surface area contributed by atoms with Crippen molar-refractivity contribution in [2.75, 3.05) is 13.2 Å². The van der Waals surface area contributed by atoms with E-state index in [-0.39, 0.29) is 0 Å². The fourth-order valence-electron chi connectivity index (χ4n) is 3.60. The van der Waals surface area contributed by atoms with Crippen LogP contribution in [0.3, 0.4) is 0 Å². The lowest BCUT2D eigenvalue weighted by atomic mass is 9.81. The summed E-state index contributed by atoms with van der Waals surface area (Å²) in [6.45, 7) is 6.06. The van der Waals surface area contributed by atoms with E-state index in [2.05, 4.69) is 30.3 Å². The van der Waals surface area contributed by atoms with Gasteiger partial charge in [0.15, 0.2) is 0 Å². The molecule has 1 N–H and O–H groups in total. The number of nitrogens with one attached hydrogen (secondary N) is 1. The topological polar surface area (TPSA) is 39.1 Å². The first-order chi connectivity index (χ1) is 10.2. The van der Waals surface area contributed by atoms with Crippen molar-refractivity contribution in [1.82, 2.24) is 15.1 Å². The van der Waals surface area contributed by atoms with E-state index in [1.54, 1.807) is 0 Å². The van der Waals surface area contributed by atoms with Gasteiger partial charge in [-0.25, -0.2) is 0 Å². The summed E-state index contributed by atoms with van der Waals surface area (Å²) in [6, 6.07) is 2.49. The van der Waals surface area contributed by atoms with Gasteiger partial charge in [0, 0.05) is 32.3 Å². The van der Waals surface area contributed by atoms with Gasteiger partial charge in [0.25, 0.3) is 0 Å². The highest BCUT2D eigenvalue weighted by atomic mass is 16.5. The Hall–Kier alpha value is -0.870. The molecule has 4 nitrogen and oxygen atoms in total. The van der Waals surface area contributed by atoms with Gasteiger partial charge in [0.05, 0.1) is 11.8 Å². The van der Waals surface area contributed by atoms with Crippen LogP contribution in [0.15, 0.2) is 12.3 Å². The van der Waals surface area contributed by atoms with Gasteiger partial charge in [0.2, 0.25) is 0 Å². The van der Waals surface area contributed by atoms with E-state index < -0.39 is 0 Å². The zero-order valence-electron chi connectivity index (χ0n) is 13.8. The van der Waals surface area contributed by atoms with Crippen LogP contribution in [-0.2, 0) is 18.2 Å². The number of aromatic nitrogens is 2. The molecule has 1 aliphatic carbocycles. The molecule has 2 unspecified atom stereocenters. The van der Waals surface area contributed by atoms with Gasteiger partial charge < -0.3 is 10.1 Å². The molecular formula is C17H31N3O. The molecule has 1 aromatic heterocycles. The predicted molar refractivity (Wildman–Crippen MR) is 86.4 cm³/mol. The zero-order valence-corrected chi connectivity index (χ0v) is 13.8. The molecule has 1 aliphatic rings. The van der Waals surface area contributed by atoms with Crippen molar-refractivity contribution < 1.29 is 4.74 Å². The number of likely N-dealkylation sites (N-methyl/N-ethyl adjacent to an activating group) is 1. The SMILES string of the molecule is CCNC(Cc1ccn(C)n1)C(OCC)C1CCCCC1. The van der Waals surface area contributed by atoms with Gasteiger partial charge in [-0.15, -0.1) is 0 Å². The Labute approximate surface area is 129 Å². The molecule has 1 fully saturated rings. The van der Waals surface area contributed by atoms with Crippen molar-refractivity contribution >= 4 is 0 Å². The molecule has 0 radical (unpaired) electrons. The summed E-state index contributed by atoms with van der Waals surface area (Å²) >= 11 is 0. The van der Waals surface area contributed by atoms with Crippen molar-refractivity contribution in [3.05, 3.63) is 18.0 Å². The predicted octanol–water partition coefficient (Wildman–Crippen LogP) is 2.93. The third-order valence-corrected chi connectivity index (χ3v) is 4.53. The molecule has 1 saturated carbocycles. The van der Waals surface area contributed by atoms with Crippen LogP contribution in [0.2, 0.25) is 0 Å². The van der Waals surface area contributed by atoms with Crippen molar-refractivity contribution in [3.8, 4) is 0 Å². The highest BCUT2D eigenvalue weighted by Gasteiger charge is 2.31. The van der Waals surface area contributed by atoms with E-state index in [0.29, 0.717) is 18.1 Å². The third kappa shape index (κ3) is 4.82. The molecule has 120 valence electrons. The van der Waals surface area contributed by atoms with Gasteiger partial charge in [-0.1, -0.05) is 26.2 Å². The summed E-state index contributed by atoms with van der Waals surface area (Å²) in [5.74, 6) is 0.700. The van der Waals surface area contributed by atoms with Crippen LogP contribution in [-0.4, -0.2) is 35.1 Å². The average Bonchev–Trinajstić information content (AvgIpc) is 2.90. The van der Waals surface area contributed by atoms with Crippen molar-refractivity contribution in [3.63, 3.8) is 0 Å². The summed E-state index contributed by atoms with van der Waals surface area (Å²) < 4.78 is 8.06. The highest BCUT2D eigenvalue weighted by molar-refractivity contribution is 5.03. The number of aryl methyl sites for hydroxylation is 1. The van der Waals surface area contributed by atoms with Crippen LogP contribution in [0.4, 0.5) is 0 Å². The Morgan fingerprint density at radius 2 is 2.10 bits per heavy atom. The monoisotopic (exact) mass is 293 g/mol. The van der Waals surface area contributed by atoms with Gasteiger partial charge in [-0.05, 0) is 38.3 Å². The minimum atomic E-state index is 0.317. The van der Waals surface area contributed by atoms with Crippen LogP contribution < -0.4 is 5.32 Å². The fraction of sp³-hybridized carbons (Fsp3) is 0.824. The molecule has 0 aliphatic heterocycles. The standard InChI is InChI=1S/C17H31N3O/c1-4-18-16(13-15-11-12-20(3)19-15)17(21-5-2)14-9-7-6-8-10-14/h11-12,14,16-18H,4-10,13H2,1-3H3. The van der Waals surface area contributed by atoms with Crippen molar-refractivity contribution in [1.29, 1.82) is 0 Å². The van der Waals surface area contributed by atoms with Crippen molar-refractivity contribution in [2.45, 2.75) is 64.5 Å². The second kappa shape index (κ2) is 8.54. The first-order valence-corrected chi connectivity index (χ1v) is 8.58. The van der Waals surface area contributed by atoms with Crippen LogP contribution >= 0.6 is 0 Å². The molecule has 0 bridgehead atoms. The largest absolute Gasteiger partial charge is 0.377 e. The third-order valence-electron chi connectivity index (χ3n) is 4.53. The van der Waals surface area contributed by atoms with Crippen LogP contribution in [0.1, 0.15) is 51.6 Å². The van der Waals surface area contributed by atoms with Gasteiger partial charge in [-0.2, -0.15) is 5.10 Å². The van der Waals surface area contributed by atoms with Gasteiger partial charge in [-0.3, -0.25) is 4.68 Å². The maximum atomic E-state index is 6.18. The van der Waals surface area contributed by atoms with E-state index in [4.69, 9.17) is 4.74 Å². The maximum Gasteiger partial charge on any atom is 0.0759 e. The minimum Gasteiger partial charge on any atom is -0.377 e. The molecule has 0 spiro atoms. The number of rotatable bonds is 8. The Morgan fingerprint density at radius 1 is 1.33 bits per heavy atom. The van der Waals surface area contributed by atoms with E-state index >= 15 is 0 Å². The molecule has 21 heavy (non-hydrogen) atoms. The number of nitrogens with zero attached hydrogens (tertiary/aromatic N) is 2. The van der Waals surface area contributed by atoms with Gasteiger partial charge >= 0.3 is 0 Å². The molecule has 0 amide bonds. The average molecular weight is 293 g/mol. The van der Waals surface area contributed by atoms with E-state index in [1.165, 1.54) is 32.1 Å². The van der Waals surface area contributed by atoms with E-state index in [1.807, 2.05) is 17.9 Å². The van der Waals surface area contributed by atoms with Gasteiger partial charge in [0.1, 0.15) is 0 Å². The smallest absolute Gasteiger partial charge is 0.0759 e. The molecule has 4 heteroatoms. The summed E-state index contributed by atoms with van der Waals surface area (Å²) in [6.07, 6.45) is 10.0. The molecular weight excluding hydrogens is 262 g/mol. The summed E-state index contributed by atoms with van der Waals surface area (Å²) in [4.78, 5) is 0. The molecule has 2 atom stereocenters. The lowest BCUT2D eigenvalue weighted by molar-refractivity contribution is -0.0173. The first-order valence-electron chi connectivity index (χ1n) is 8.58. The molecule has 0 aromatic carbocycles. The lowest BCUT2D eigenvalue weighted by Gasteiger charge is -2.36. The van der Waals surface area contributed by atoms with Crippen LogP contribution in [0.5, 0.6) is 0 Å². The van der Waals surface area contributed by atoms with Crippen LogP contribution in [0, 0.1) is 5.92 Å². The molecule has 0 saturated heterocycles. The van der Waals surface area contributed by atoms with E-state index in [9.17, 15) is 0 Å². The fourth-order valence-corrected chi connectivity index (χ4v) is 3.60. The second-order valence-corrected chi connectivity index (χ2v) is 6.17. The Kier molecular flexibility index (Phi) is 6.71. The molecule has 1 aromatic rings. The van der Waals surface area contributed by atoms with E-state index in [0.717, 1.165) is 25.3 Å². The number of hydrogen-bond donors (Lipinski definition) is 1. The molecule has 1 heterocycles. The normalized spacial score (nSPS) is 19.6. The second-order valence-electron chi connectivity index (χ2n) is 6.17. The highest BCUT2D eigenvalue weighted by Crippen LogP contribution is 2.30. The summed E-state index contributed by atoms with van der Waals surface area (Å²) in [5.41, 5.74) is 1.16. The summed E-state index contributed by atoms with van der Waals surface area (Å²) in [7, 11) is 1.98. The first kappa shape index (κ1) is 16.5. The van der Waals surface area contributed by atoms with Crippen LogP contribution in [0.25, 0.3) is 0 Å². The Bertz CT molecular complexity index is 398. The van der Waals surface area contributed by atoms with Crippen molar-refractivity contribution in [2.24, 2.45) is 13.0 Å². The Morgan fingerprint density at radius 3 is 2.67 bits per heavy atom. The molecule has 2 rings (SSSR count). The quantitative estimate of drug-likeness (QED) is 0.801. The zero-order chi connectivity index (χ0) is 15.1. The summed E-state index contributed by atoms with van der Waals surface area (Å²) in [5, 5.41) is 8.19. The lowest BCUT2D eigenvalue weighted by Crippen LogP contribution is -2.47. The maximum absolute atomic E-state index is 6.18.